The van der Waals surface area contributed by atoms with Crippen molar-refractivity contribution in [1.29, 1.82) is 10.5 Å². The van der Waals surface area contributed by atoms with E-state index in [0.29, 0.717) is 27.3 Å². The monoisotopic (exact) mass is 544 g/mol. The highest BCUT2D eigenvalue weighted by Gasteiger charge is 2.39. The molecule has 2 aliphatic rings. The summed E-state index contributed by atoms with van der Waals surface area (Å²) in [4.78, 5) is 30.2. The Hall–Kier alpha value is -5.72. The van der Waals surface area contributed by atoms with E-state index < -0.39 is 5.92 Å². The fourth-order valence-electron chi connectivity index (χ4n) is 6.51. The van der Waals surface area contributed by atoms with Crippen molar-refractivity contribution < 1.29 is 4.79 Å². The van der Waals surface area contributed by atoms with Crippen LogP contribution in [0, 0.1) is 28.6 Å². The minimum Gasteiger partial charge on any atom is -0.366 e. The van der Waals surface area contributed by atoms with Gasteiger partial charge in [-0.3, -0.25) is 9.59 Å². The van der Waals surface area contributed by atoms with E-state index in [1.165, 1.54) is 0 Å². The molecule has 0 spiro atoms. The number of anilines is 1. The largest absolute Gasteiger partial charge is 0.366 e. The molecule has 1 aliphatic carbocycles. The number of pyridine rings is 1. The summed E-state index contributed by atoms with van der Waals surface area (Å²) in [7, 11) is 3.91. The number of aryl methyl sites for hydroxylation is 1. The molecular formula is C36H24N4O2. The average Bonchev–Trinajstić information content (AvgIpc) is 3.05. The van der Waals surface area contributed by atoms with Gasteiger partial charge in [0.1, 0.15) is 0 Å². The Balaban J connectivity index is 1.43. The summed E-state index contributed by atoms with van der Waals surface area (Å²) >= 11 is 0. The van der Waals surface area contributed by atoms with Gasteiger partial charge >= 0.3 is 0 Å². The highest BCUT2D eigenvalue weighted by molar-refractivity contribution is 6.12. The van der Waals surface area contributed by atoms with Gasteiger partial charge in [0.05, 0.1) is 46.4 Å². The van der Waals surface area contributed by atoms with Crippen molar-refractivity contribution in [2.45, 2.75) is 6.04 Å². The van der Waals surface area contributed by atoms with Gasteiger partial charge in [0.15, 0.2) is 11.2 Å². The number of rotatable bonds is 2. The first-order valence-electron chi connectivity index (χ1n) is 13.7. The second-order valence-electron chi connectivity index (χ2n) is 10.8. The van der Waals surface area contributed by atoms with Crippen LogP contribution in [-0.2, 0) is 7.05 Å². The van der Waals surface area contributed by atoms with E-state index >= 15 is 0 Å². The van der Waals surface area contributed by atoms with Crippen molar-refractivity contribution in [1.82, 2.24) is 4.57 Å². The van der Waals surface area contributed by atoms with Gasteiger partial charge in [0, 0.05) is 46.7 Å². The van der Waals surface area contributed by atoms with E-state index in [2.05, 4.69) is 17.0 Å². The fourth-order valence-corrected chi connectivity index (χ4v) is 6.51. The van der Waals surface area contributed by atoms with E-state index in [0.717, 1.165) is 38.8 Å². The molecule has 6 nitrogen and oxygen atoms in total. The second-order valence-corrected chi connectivity index (χ2v) is 10.8. The smallest absolute Gasteiger partial charge is 0.196 e. The Morgan fingerprint density at radius 2 is 1.26 bits per heavy atom. The number of nitrogens with zero attached hydrogens (tertiary/aromatic N) is 4. The summed E-state index contributed by atoms with van der Waals surface area (Å²) in [6.07, 6.45) is 3.90. The van der Waals surface area contributed by atoms with Gasteiger partial charge in [-0.25, -0.2) is 0 Å². The molecule has 6 heteroatoms. The molecule has 0 radical (unpaired) electrons. The molecule has 200 valence electrons. The lowest BCUT2D eigenvalue weighted by Crippen LogP contribution is -2.55. The number of hydrogen-bond acceptors (Lipinski definition) is 5. The third kappa shape index (κ3) is 3.63. The third-order valence-corrected chi connectivity index (χ3v) is 8.59. The molecule has 0 N–H and O–H groups in total. The van der Waals surface area contributed by atoms with Crippen LogP contribution in [0.15, 0.2) is 89.7 Å². The first kappa shape index (κ1) is 25.3. The molecule has 5 aromatic rings. The van der Waals surface area contributed by atoms with Crippen molar-refractivity contribution in [3.63, 3.8) is 0 Å². The van der Waals surface area contributed by atoms with E-state index in [9.17, 15) is 20.1 Å². The quantitative estimate of drug-likeness (QED) is 0.326. The predicted molar refractivity (Wildman–Crippen MR) is 164 cm³/mol. The lowest BCUT2D eigenvalue weighted by molar-refractivity contribution is 0.0940. The lowest BCUT2D eigenvalue weighted by atomic mass is 9.80. The number of Topliss-reactive ketones (excluding diaryl/α,β-unsaturated/α-hetero) is 1. The first-order chi connectivity index (χ1) is 20.4. The summed E-state index contributed by atoms with van der Waals surface area (Å²) in [5, 5.41) is 20.4. The van der Waals surface area contributed by atoms with Gasteiger partial charge in [-0.1, -0.05) is 48.5 Å². The molecule has 4 aromatic carbocycles. The van der Waals surface area contributed by atoms with Gasteiger partial charge in [0.2, 0.25) is 0 Å². The molecule has 2 unspecified atom stereocenters. The lowest BCUT2D eigenvalue weighted by Gasteiger charge is -2.40. The van der Waals surface area contributed by atoms with E-state index in [-0.39, 0.29) is 17.3 Å². The zero-order valence-corrected chi connectivity index (χ0v) is 23.0. The first-order valence-corrected chi connectivity index (χ1v) is 13.7. The molecule has 7 rings (SSSR count). The number of carbonyl (C=O) groups excluding carboxylic acids is 1. The summed E-state index contributed by atoms with van der Waals surface area (Å²) in [6, 6.07) is 30.1. The van der Waals surface area contributed by atoms with Crippen LogP contribution in [0.25, 0.3) is 45.3 Å². The van der Waals surface area contributed by atoms with Crippen molar-refractivity contribution in [3.8, 4) is 34.4 Å². The van der Waals surface area contributed by atoms with Gasteiger partial charge in [-0.15, -0.1) is 0 Å². The Morgan fingerprint density at radius 3 is 1.90 bits per heavy atom. The summed E-state index contributed by atoms with van der Waals surface area (Å²) < 4.78 is 2.02. The number of para-hydroxylation sites is 2. The Labute approximate surface area is 241 Å². The zero-order valence-electron chi connectivity index (χ0n) is 23.0. The minimum absolute atomic E-state index is 0.0124. The number of carbonyl (C=O) groups is 1. The van der Waals surface area contributed by atoms with Crippen LogP contribution in [0.1, 0.15) is 21.5 Å². The van der Waals surface area contributed by atoms with Gasteiger partial charge < -0.3 is 9.47 Å². The number of fused-ring (bicyclic) bond motifs is 4. The van der Waals surface area contributed by atoms with Crippen LogP contribution in [0.2, 0.25) is 0 Å². The fraction of sp³-hybridized carbons (Fsp3) is 0.111. The molecule has 1 aliphatic heterocycles. The van der Waals surface area contributed by atoms with Crippen molar-refractivity contribution in [2.75, 3.05) is 11.9 Å². The van der Waals surface area contributed by atoms with Crippen molar-refractivity contribution >= 4 is 34.5 Å². The molecule has 0 bridgehead atoms. The number of hydrogen-bond donors (Lipinski definition) is 0. The van der Waals surface area contributed by atoms with E-state index in [1.54, 1.807) is 24.3 Å². The normalized spacial score (nSPS) is 16.8. The Kier molecular flexibility index (Phi) is 5.68. The topological polar surface area (TPSA) is 89.9 Å². The minimum atomic E-state index is -0.462. The average molecular weight is 545 g/mol. The van der Waals surface area contributed by atoms with Gasteiger partial charge in [-0.05, 0) is 59.7 Å². The highest BCUT2D eigenvalue weighted by atomic mass is 16.1. The molecular weight excluding hydrogens is 520 g/mol. The maximum Gasteiger partial charge on any atom is 0.196 e. The molecule has 2 atom stereocenters. The Bertz CT molecular complexity index is 2230. The summed E-state index contributed by atoms with van der Waals surface area (Å²) in [6.45, 7) is 0. The van der Waals surface area contributed by atoms with E-state index in [4.69, 9.17) is 0 Å². The van der Waals surface area contributed by atoms with Gasteiger partial charge in [-0.2, -0.15) is 10.5 Å². The molecule has 1 aromatic heterocycles. The van der Waals surface area contributed by atoms with Crippen LogP contribution in [0.4, 0.5) is 5.69 Å². The number of aromatic nitrogens is 1. The molecule has 2 heterocycles. The highest BCUT2D eigenvalue weighted by Crippen LogP contribution is 2.41. The number of nitriles is 2. The second kappa shape index (κ2) is 9.44. The maximum absolute atomic E-state index is 14.1. The SMILES string of the molecule is CN1c2c(cccc2-c2ccc(C#N)cc2)C(=O)C2C=c3c(c(=O)c4cccc(-c5ccc(C#N)cc5)c4n3C)=CC21. The number of benzene rings is 4. The molecule has 0 amide bonds. The standard InChI is InChI=1S/C36H24N4O2/c1-39-31-17-30-32(40(2)34-26(6-4-8-28(34)36(30)42)24-15-11-22(20-38)12-16-24)18-29(31)35(41)27-7-3-5-25(33(27)39)23-13-9-21(19-37)10-14-23/h3-18,29,31H,1-2H3. The van der Waals surface area contributed by atoms with Crippen molar-refractivity contribution in [2.24, 2.45) is 13.0 Å². The molecule has 42 heavy (non-hydrogen) atoms. The summed E-state index contributed by atoms with van der Waals surface area (Å²) in [5.74, 6) is -0.449. The molecule has 0 saturated heterocycles. The van der Waals surface area contributed by atoms with Crippen molar-refractivity contribution in [3.05, 3.63) is 122 Å². The summed E-state index contributed by atoms with van der Waals surface area (Å²) in [5.41, 5.74) is 6.94. The van der Waals surface area contributed by atoms with Crippen LogP contribution in [0.5, 0.6) is 0 Å². The maximum atomic E-state index is 14.1. The van der Waals surface area contributed by atoms with Crippen LogP contribution < -0.4 is 20.9 Å². The van der Waals surface area contributed by atoms with Gasteiger partial charge in [0.25, 0.3) is 0 Å². The third-order valence-electron chi connectivity index (χ3n) is 8.59. The molecule has 0 fully saturated rings. The Morgan fingerprint density at radius 1 is 0.690 bits per heavy atom. The van der Waals surface area contributed by atoms with Crippen LogP contribution in [0.3, 0.4) is 0 Å². The number of ketones is 1. The zero-order chi connectivity index (χ0) is 29.1. The predicted octanol–water partition coefficient (Wildman–Crippen LogP) is 4.51. The molecule has 0 saturated carbocycles. The van der Waals surface area contributed by atoms with E-state index in [1.807, 2.05) is 91.5 Å². The van der Waals surface area contributed by atoms with Crippen LogP contribution >= 0.6 is 0 Å². The van der Waals surface area contributed by atoms with Crippen LogP contribution in [-0.4, -0.2) is 23.4 Å².